The van der Waals surface area contributed by atoms with Gasteiger partial charge in [-0.1, -0.05) is 22.0 Å². The third-order valence-corrected chi connectivity index (χ3v) is 1.52. The zero-order chi connectivity index (χ0) is 7.98. The van der Waals surface area contributed by atoms with E-state index in [1.165, 1.54) is 6.92 Å². The Morgan fingerprint density at radius 3 is 2.80 bits per heavy atom. The van der Waals surface area contributed by atoms with Crippen molar-refractivity contribution in [2.24, 2.45) is 0 Å². The predicted molar refractivity (Wildman–Crippen MR) is 47.4 cm³/mol. The normalized spacial score (nSPS) is 13.5. The molecule has 0 aliphatic carbocycles. The van der Waals surface area contributed by atoms with Gasteiger partial charge >= 0.3 is 5.97 Å². The Kier molecular flexibility index (Phi) is 6.02. The quantitative estimate of drug-likeness (QED) is 0.447. The van der Waals surface area contributed by atoms with Crippen LogP contribution in [0.2, 0.25) is 0 Å². The topological polar surface area (TPSA) is 26.3 Å². The molecule has 1 atom stereocenters. The molecule has 0 spiro atoms. The Labute approximate surface area is 76.9 Å². The van der Waals surface area contributed by atoms with Crippen molar-refractivity contribution < 1.29 is 9.53 Å². The largest absolute Gasteiger partial charge is 0.447 e. The fourth-order valence-corrected chi connectivity index (χ4v) is 1.05. The van der Waals surface area contributed by atoms with Gasteiger partial charge in [0, 0.05) is 12.3 Å². The zero-order valence-corrected chi connectivity index (χ0v) is 8.68. The number of alkyl halides is 2. The molecule has 0 fully saturated rings. The van der Waals surface area contributed by atoms with Crippen LogP contribution >= 0.6 is 31.9 Å². The molecule has 4 heteroatoms. The van der Waals surface area contributed by atoms with Gasteiger partial charge in [-0.3, -0.25) is 4.79 Å². The summed E-state index contributed by atoms with van der Waals surface area (Å²) < 4.78 is 4.72. The molecule has 0 saturated heterocycles. The van der Waals surface area contributed by atoms with Crippen LogP contribution in [-0.2, 0) is 9.53 Å². The second-order valence-electron chi connectivity index (χ2n) is 1.54. The van der Waals surface area contributed by atoms with Crippen LogP contribution in [0.4, 0.5) is 0 Å². The van der Waals surface area contributed by atoms with Crippen LogP contribution < -0.4 is 0 Å². The molecule has 0 aliphatic heterocycles. The Hall–Kier alpha value is 0.170. The molecule has 10 heavy (non-hydrogen) atoms. The third kappa shape index (κ3) is 6.29. The fraction of sp³-hybridized carbons (Fsp3) is 0.500. The van der Waals surface area contributed by atoms with Crippen molar-refractivity contribution in [2.45, 2.75) is 11.9 Å². The van der Waals surface area contributed by atoms with Crippen LogP contribution in [0, 0.1) is 0 Å². The molecule has 0 aromatic heterocycles. The Balaban J connectivity index is 3.52. The van der Waals surface area contributed by atoms with E-state index < -0.39 is 0 Å². The van der Waals surface area contributed by atoms with E-state index in [0.717, 1.165) is 5.33 Å². The number of hydrogen-bond donors (Lipinski definition) is 0. The van der Waals surface area contributed by atoms with Crippen molar-refractivity contribution in [1.82, 2.24) is 0 Å². The third-order valence-electron chi connectivity index (χ3n) is 0.655. The minimum Gasteiger partial charge on any atom is -0.447 e. The van der Waals surface area contributed by atoms with Crippen molar-refractivity contribution >= 4 is 37.8 Å². The molecule has 0 aromatic rings. The van der Waals surface area contributed by atoms with Crippen LogP contribution in [0.15, 0.2) is 12.2 Å². The van der Waals surface area contributed by atoms with Gasteiger partial charge in [-0.25, -0.2) is 0 Å². The van der Waals surface area contributed by atoms with E-state index in [2.05, 4.69) is 31.9 Å². The molecule has 0 amide bonds. The highest BCUT2D eigenvalue weighted by molar-refractivity contribution is 9.09. The molecule has 0 aromatic carbocycles. The highest BCUT2D eigenvalue weighted by atomic mass is 79.9. The zero-order valence-electron chi connectivity index (χ0n) is 5.51. The van der Waals surface area contributed by atoms with Gasteiger partial charge in [0.2, 0.25) is 0 Å². The first-order valence-electron chi connectivity index (χ1n) is 2.70. The summed E-state index contributed by atoms with van der Waals surface area (Å²) in [7, 11) is 0. The second-order valence-corrected chi connectivity index (χ2v) is 3.09. The van der Waals surface area contributed by atoms with Crippen molar-refractivity contribution in [3.8, 4) is 0 Å². The molecule has 0 N–H and O–H groups in total. The van der Waals surface area contributed by atoms with E-state index in [1.54, 1.807) is 6.08 Å². The SMILES string of the molecule is CC(=O)OC(Br)/C=C/CBr. The molecule has 0 heterocycles. The lowest BCUT2D eigenvalue weighted by atomic mass is 10.5. The summed E-state index contributed by atoms with van der Waals surface area (Å²) in [5, 5.41) is 0.457. The number of rotatable bonds is 3. The monoisotopic (exact) mass is 270 g/mol. The highest BCUT2D eigenvalue weighted by Gasteiger charge is 1.99. The molecule has 0 radical (unpaired) electrons. The van der Waals surface area contributed by atoms with Gasteiger partial charge in [-0.05, 0) is 22.0 Å². The van der Waals surface area contributed by atoms with Gasteiger partial charge in [-0.15, -0.1) is 0 Å². The summed E-state index contributed by atoms with van der Waals surface area (Å²) in [6, 6.07) is 0. The van der Waals surface area contributed by atoms with Crippen LogP contribution in [-0.4, -0.2) is 16.3 Å². The van der Waals surface area contributed by atoms with Crippen LogP contribution in [0.5, 0.6) is 0 Å². The molecule has 0 rings (SSSR count). The van der Waals surface area contributed by atoms with Gasteiger partial charge in [0.1, 0.15) is 0 Å². The van der Waals surface area contributed by atoms with Crippen LogP contribution in [0.3, 0.4) is 0 Å². The van der Waals surface area contributed by atoms with E-state index >= 15 is 0 Å². The first kappa shape index (κ1) is 10.2. The maximum atomic E-state index is 10.3. The number of carbonyl (C=O) groups excluding carboxylic acids is 1. The number of esters is 1. The van der Waals surface area contributed by atoms with Crippen LogP contribution in [0.1, 0.15) is 6.92 Å². The first-order valence-corrected chi connectivity index (χ1v) is 4.74. The number of halogens is 2. The fourth-order valence-electron chi connectivity index (χ4n) is 0.356. The summed E-state index contributed by atoms with van der Waals surface area (Å²) in [5.41, 5.74) is 0. The van der Waals surface area contributed by atoms with E-state index in [-0.39, 0.29) is 11.0 Å². The number of hydrogen-bond acceptors (Lipinski definition) is 2. The molecule has 0 aliphatic rings. The van der Waals surface area contributed by atoms with Gasteiger partial charge in [0.05, 0.1) is 0 Å². The lowest BCUT2D eigenvalue weighted by Gasteiger charge is -2.02. The van der Waals surface area contributed by atoms with Gasteiger partial charge in [0.15, 0.2) is 5.01 Å². The minimum atomic E-state index is -0.303. The standard InChI is InChI=1S/C6H8Br2O2/c1-5(9)10-6(8)3-2-4-7/h2-3,6H,4H2,1H3/b3-2+. The van der Waals surface area contributed by atoms with Crippen molar-refractivity contribution in [1.29, 1.82) is 0 Å². The highest BCUT2D eigenvalue weighted by Crippen LogP contribution is 2.03. The van der Waals surface area contributed by atoms with Crippen LogP contribution in [0.25, 0.3) is 0 Å². The molecule has 2 nitrogen and oxygen atoms in total. The molecule has 1 unspecified atom stereocenters. The van der Waals surface area contributed by atoms with Crippen molar-refractivity contribution in [3.63, 3.8) is 0 Å². The minimum absolute atomic E-state index is 0.291. The lowest BCUT2D eigenvalue weighted by molar-refractivity contribution is -0.140. The Bertz CT molecular complexity index is 134. The summed E-state index contributed by atoms with van der Waals surface area (Å²) in [4.78, 5) is 10.3. The van der Waals surface area contributed by atoms with E-state index in [4.69, 9.17) is 4.74 Å². The van der Waals surface area contributed by atoms with E-state index in [9.17, 15) is 4.79 Å². The van der Waals surface area contributed by atoms with Crippen molar-refractivity contribution in [2.75, 3.05) is 5.33 Å². The summed E-state index contributed by atoms with van der Waals surface area (Å²) in [6.45, 7) is 1.37. The van der Waals surface area contributed by atoms with E-state index in [0.29, 0.717) is 0 Å². The summed E-state index contributed by atoms with van der Waals surface area (Å²) in [5.74, 6) is -0.291. The smallest absolute Gasteiger partial charge is 0.304 e. The number of allylic oxidation sites excluding steroid dienone is 1. The Morgan fingerprint density at radius 2 is 2.40 bits per heavy atom. The van der Waals surface area contributed by atoms with Crippen molar-refractivity contribution in [3.05, 3.63) is 12.2 Å². The molecule has 0 saturated carbocycles. The van der Waals surface area contributed by atoms with Gasteiger partial charge in [-0.2, -0.15) is 0 Å². The van der Waals surface area contributed by atoms with E-state index in [1.807, 2.05) is 6.08 Å². The first-order chi connectivity index (χ1) is 4.66. The molecular formula is C6H8Br2O2. The summed E-state index contributed by atoms with van der Waals surface area (Å²) >= 11 is 6.32. The molecule has 0 bridgehead atoms. The maximum absolute atomic E-state index is 10.3. The average Bonchev–Trinajstić information content (AvgIpc) is 1.82. The van der Waals surface area contributed by atoms with Gasteiger partial charge < -0.3 is 4.74 Å². The van der Waals surface area contributed by atoms with Gasteiger partial charge in [0.25, 0.3) is 0 Å². The number of ether oxygens (including phenoxy) is 1. The second kappa shape index (κ2) is 5.92. The summed E-state index contributed by atoms with van der Waals surface area (Å²) in [6.07, 6.45) is 3.60. The predicted octanol–water partition coefficient (Wildman–Crippen LogP) is 2.22. The maximum Gasteiger partial charge on any atom is 0.304 e. The molecule has 58 valence electrons. The Morgan fingerprint density at radius 1 is 1.80 bits per heavy atom. The number of carbonyl (C=O) groups is 1. The molecular weight excluding hydrogens is 264 g/mol. The average molecular weight is 272 g/mol. The lowest BCUT2D eigenvalue weighted by Crippen LogP contribution is -2.05.